The van der Waals surface area contributed by atoms with E-state index in [-0.39, 0.29) is 25.2 Å². The molecule has 0 aliphatic carbocycles. The number of guanidine groups is 1. The van der Waals surface area contributed by atoms with Gasteiger partial charge in [0, 0.05) is 30.1 Å². The second-order valence-electron chi connectivity index (χ2n) is 9.14. The fourth-order valence-electron chi connectivity index (χ4n) is 3.98. The number of amides is 3. The van der Waals surface area contributed by atoms with E-state index in [1.165, 1.54) is 0 Å². The summed E-state index contributed by atoms with van der Waals surface area (Å²) in [6, 6.07) is 4.51. The number of aromatic nitrogens is 1. The number of nitrogens with one attached hydrogen (secondary N) is 4. The first kappa shape index (κ1) is 31.1. The lowest BCUT2D eigenvalue weighted by Crippen LogP contribution is -2.56. The van der Waals surface area contributed by atoms with E-state index in [1.54, 1.807) is 6.20 Å². The van der Waals surface area contributed by atoms with E-state index in [0.717, 1.165) is 16.5 Å². The molecule has 1 heterocycles. The molecule has 2 rings (SSSR count). The highest BCUT2D eigenvalue weighted by Crippen LogP contribution is 2.19. The maximum Gasteiger partial charge on any atom is 0.322 e. The number of rotatable bonds is 17. The number of aromatic amines is 1. The lowest BCUT2D eigenvalue weighted by molar-refractivity contribution is -0.138. The van der Waals surface area contributed by atoms with Crippen molar-refractivity contribution in [2.75, 3.05) is 19.6 Å². The molecule has 214 valence electrons. The minimum Gasteiger partial charge on any atom is -0.480 e. The average Bonchev–Trinajstić information content (AvgIpc) is 3.31. The Morgan fingerprint density at radius 2 is 1.67 bits per heavy atom. The van der Waals surface area contributed by atoms with Crippen LogP contribution in [-0.2, 0) is 25.6 Å². The number of hydrogen-bond donors (Lipinski definition) is 9. The van der Waals surface area contributed by atoms with Gasteiger partial charge < -0.3 is 49.0 Å². The summed E-state index contributed by atoms with van der Waals surface area (Å²) in [5.41, 5.74) is 23.9. The van der Waals surface area contributed by atoms with Crippen LogP contribution in [0.15, 0.2) is 35.5 Å². The van der Waals surface area contributed by atoms with E-state index in [1.807, 2.05) is 24.3 Å². The van der Waals surface area contributed by atoms with E-state index in [9.17, 15) is 19.2 Å². The number of aliphatic carboxylic acids is 1. The summed E-state index contributed by atoms with van der Waals surface area (Å²) < 4.78 is 0. The predicted octanol–water partition coefficient (Wildman–Crippen LogP) is -1.61. The molecule has 2 aromatic rings. The number of aliphatic imine (C=N–C) groups is 1. The van der Waals surface area contributed by atoms with Crippen LogP contribution in [0.1, 0.15) is 37.7 Å². The highest BCUT2D eigenvalue weighted by molar-refractivity contribution is 5.94. The summed E-state index contributed by atoms with van der Waals surface area (Å²) in [4.78, 5) is 56.9. The Labute approximate surface area is 226 Å². The number of H-pyrrole nitrogens is 1. The van der Waals surface area contributed by atoms with E-state index in [2.05, 4.69) is 25.9 Å². The van der Waals surface area contributed by atoms with Gasteiger partial charge in [0.15, 0.2) is 5.96 Å². The average molecular weight is 546 g/mol. The van der Waals surface area contributed by atoms with Gasteiger partial charge in [0.2, 0.25) is 17.7 Å². The maximum absolute atomic E-state index is 13.4. The maximum atomic E-state index is 13.4. The number of nitrogens with two attached hydrogens (primary N) is 4. The van der Waals surface area contributed by atoms with Crippen molar-refractivity contribution in [2.24, 2.45) is 27.9 Å². The Balaban J connectivity index is 2.20. The molecule has 0 bridgehead atoms. The van der Waals surface area contributed by atoms with Crippen LogP contribution in [0.5, 0.6) is 0 Å². The number of carboxylic acids is 1. The quantitative estimate of drug-likeness (QED) is 0.0628. The number of nitrogens with zero attached hydrogens (tertiary/aromatic N) is 1. The van der Waals surface area contributed by atoms with Gasteiger partial charge >= 0.3 is 5.97 Å². The second-order valence-corrected chi connectivity index (χ2v) is 9.14. The van der Waals surface area contributed by atoms with Crippen LogP contribution in [0.4, 0.5) is 0 Å². The fraction of sp³-hybridized carbons (Fsp3) is 0.480. The molecule has 0 fully saturated rings. The van der Waals surface area contributed by atoms with E-state index >= 15 is 0 Å². The first-order valence-electron chi connectivity index (χ1n) is 12.8. The number of hydrogen-bond acceptors (Lipinski definition) is 7. The standard InChI is InChI=1S/C25H39N9O5/c26-10-4-3-9-19(23(38)32-14-21(35)36)33-24(39)20(12-15-13-31-18-8-2-1-6-16(15)18)34-22(37)17(27)7-5-11-30-25(28)29/h1-2,6,8,13,17,19-20,31H,3-5,7,9-12,14,26-27H2,(H,32,38)(H,33,39)(H,34,37)(H,35,36)(H4,28,29,30). The van der Waals surface area contributed by atoms with Crippen molar-refractivity contribution in [1.82, 2.24) is 20.9 Å². The third-order valence-corrected chi connectivity index (χ3v) is 6.03. The Kier molecular flexibility index (Phi) is 12.7. The van der Waals surface area contributed by atoms with Crippen molar-refractivity contribution in [3.05, 3.63) is 36.0 Å². The molecule has 0 saturated carbocycles. The second kappa shape index (κ2) is 15.9. The van der Waals surface area contributed by atoms with Crippen molar-refractivity contribution in [2.45, 2.75) is 56.7 Å². The highest BCUT2D eigenvalue weighted by atomic mass is 16.4. The Morgan fingerprint density at radius 1 is 0.949 bits per heavy atom. The minimum atomic E-state index is -1.21. The molecular weight excluding hydrogens is 506 g/mol. The third-order valence-electron chi connectivity index (χ3n) is 6.03. The SMILES string of the molecule is NCCCCC(NC(=O)C(Cc1c[nH]c2ccccc12)NC(=O)C(N)CCCN=C(N)N)C(=O)NCC(=O)O. The molecule has 14 nitrogen and oxygen atoms in total. The topological polar surface area (TPSA) is 257 Å². The normalized spacial score (nSPS) is 13.2. The van der Waals surface area contributed by atoms with Gasteiger partial charge in [0.1, 0.15) is 18.6 Å². The fourth-order valence-corrected chi connectivity index (χ4v) is 3.98. The predicted molar refractivity (Wildman–Crippen MR) is 147 cm³/mol. The Morgan fingerprint density at radius 3 is 2.36 bits per heavy atom. The zero-order valence-electron chi connectivity index (χ0n) is 21.8. The molecule has 0 saturated heterocycles. The van der Waals surface area contributed by atoms with E-state index < -0.39 is 48.4 Å². The lowest BCUT2D eigenvalue weighted by Gasteiger charge is -2.24. The van der Waals surface area contributed by atoms with Crippen LogP contribution in [-0.4, -0.2) is 77.5 Å². The van der Waals surface area contributed by atoms with Gasteiger partial charge in [0.25, 0.3) is 0 Å². The van der Waals surface area contributed by atoms with Crippen molar-refractivity contribution in [3.8, 4) is 0 Å². The number of fused-ring (bicyclic) bond motifs is 1. The van der Waals surface area contributed by atoms with Gasteiger partial charge in [-0.05, 0) is 50.3 Å². The summed E-state index contributed by atoms with van der Waals surface area (Å²) >= 11 is 0. The van der Waals surface area contributed by atoms with Crippen molar-refractivity contribution >= 4 is 40.6 Å². The highest BCUT2D eigenvalue weighted by Gasteiger charge is 2.29. The largest absolute Gasteiger partial charge is 0.480 e. The smallest absolute Gasteiger partial charge is 0.322 e. The molecule has 0 aliphatic heterocycles. The van der Waals surface area contributed by atoms with Crippen molar-refractivity contribution in [3.63, 3.8) is 0 Å². The first-order chi connectivity index (χ1) is 18.6. The molecule has 3 unspecified atom stereocenters. The molecule has 1 aromatic carbocycles. The zero-order valence-corrected chi connectivity index (χ0v) is 21.8. The van der Waals surface area contributed by atoms with Crippen molar-refractivity contribution in [1.29, 1.82) is 0 Å². The molecule has 39 heavy (non-hydrogen) atoms. The zero-order chi connectivity index (χ0) is 28.8. The number of para-hydroxylation sites is 1. The monoisotopic (exact) mass is 545 g/mol. The van der Waals surface area contributed by atoms with Crippen LogP contribution >= 0.6 is 0 Å². The third kappa shape index (κ3) is 10.6. The summed E-state index contributed by atoms with van der Waals surface area (Å²) in [6.45, 7) is 0.114. The Bertz CT molecular complexity index is 1150. The molecule has 3 amide bonds. The summed E-state index contributed by atoms with van der Waals surface area (Å²) in [6.07, 6.45) is 4.00. The number of unbranched alkanes of at least 4 members (excludes halogenated alkanes) is 1. The van der Waals surface area contributed by atoms with E-state index in [0.29, 0.717) is 32.4 Å². The molecule has 13 N–H and O–H groups in total. The van der Waals surface area contributed by atoms with Crippen LogP contribution in [0.3, 0.4) is 0 Å². The molecule has 0 radical (unpaired) electrons. The number of carbonyl (C=O) groups excluding carboxylic acids is 3. The van der Waals surface area contributed by atoms with Crippen LogP contribution < -0.4 is 38.9 Å². The molecular formula is C25H39N9O5. The summed E-state index contributed by atoms with van der Waals surface area (Å²) in [7, 11) is 0. The molecule has 1 aromatic heterocycles. The van der Waals surface area contributed by atoms with E-state index in [4.69, 9.17) is 28.0 Å². The molecule has 3 atom stereocenters. The number of carboxylic acid groups (broad SMARTS) is 1. The van der Waals surface area contributed by atoms with Gasteiger partial charge in [-0.2, -0.15) is 0 Å². The van der Waals surface area contributed by atoms with Gasteiger partial charge in [-0.25, -0.2) is 0 Å². The number of carbonyl (C=O) groups is 4. The first-order valence-corrected chi connectivity index (χ1v) is 12.8. The Hall–Kier alpha value is -4.17. The van der Waals surface area contributed by atoms with Crippen LogP contribution in [0.25, 0.3) is 10.9 Å². The van der Waals surface area contributed by atoms with Crippen molar-refractivity contribution < 1.29 is 24.3 Å². The summed E-state index contributed by atoms with van der Waals surface area (Å²) in [5, 5.41) is 17.5. The molecule has 14 heteroatoms. The van der Waals surface area contributed by atoms with Gasteiger partial charge in [-0.15, -0.1) is 0 Å². The van der Waals surface area contributed by atoms with Gasteiger partial charge in [-0.3, -0.25) is 24.2 Å². The van der Waals surface area contributed by atoms with Gasteiger partial charge in [-0.1, -0.05) is 18.2 Å². The summed E-state index contributed by atoms with van der Waals surface area (Å²) in [5.74, 6) is -3.07. The molecule has 0 aliphatic rings. The number of benzene rings is 1. The minimum absolute atomic E-state index is 0.0584. The lowest BCUT2D eigenvalue weighted by atomic mass is 10.0. The van der Waals surface area contributed by atoms with Crippen LogP contribution in [0.2, 0.25) is 0 Å². The van der Waals surface area contributed by atoms with Gasteiger partial charge in [0.05, 0.1) is 6.04 Å². The van der Waals surface area contributed by atoms with Crippen LogP contribution in [0, 0.1) is 0 Å². The molecule has 0 spiro atoms.